The molecule has 1 N–H and O–H groups in total. The Morgan fingerprint density at radius 1 is 1.50 bits per heavy atom. The summed E-state index contributed by atoms with van der Waals surface area (Å²) in [7, 11) is 1.70. The van der Waals surface area contributed by atoms with Crippen molar-refractivity contribution in [2.24, 2.45) is 5.92 Å². The Kier molecular flexibility index (Phi) is 6.14. The average molecular weight is 298 g/mol. The highest BCUT2D eigenvalue weighted by molar-refractivity contribution is 6.30. The highest BCUT2D eigenvalue weighted by Gasteiger charge is 2.27. The minimum absolute atomic E-state index is 0.266. The summed E-state index contributed by atoms with van der Waals surface area (Å²) in [6.45, 7) is 4.87. The lowest BCUT2D eigenvalue weighted by Crippen LogP contribution is -2.34. The van der Waals surface area contributed by atoms with Gasteiger partial charge in [0.05, 0.1) is 13.7 Å². The second-order valence-corrected chi connectivity index (χ2v) is 5.73. The number of halogens is 1. The number of benzene rings is 1. The summed E-state index contributed by atoms with van der Waals surface area (Å²) < 4.78 is 11.2. The van der Waals surface area contributed by atoms with Crippen LogP contribution < -0.4 is 10.1 Å². The zero-order chi connectivity index (χ0) is 14.4. The van der Waals surface area contributed by atoms with Crippen LogP contribution in [0.4, 0.5) is 0 Å². The van der Waals surface area contributed by atoms with E-state index >= 15 is 0 Å². The summed E-state index contributed by atoms with van der Waals surface area (Å²) in [5, 5.41) is 4.35. The van der Waals surface area contributed by atoms with Crippen molar-refractivity contribution in [2.45, 2.75) is 32.2 Å². The lowest BCUT2D eigenvalue weighted by Gasteiger charge is -2.32. The molecule has 1 heterocycles. The number of hydrogen-bond donors (Lipinski definition) is 1. The minimum Gasteiger partial charge on any atom is -0.496 e. The van der Waals surface area contributed by atoms with Gasteiger partial charge in [0.15, 0.2) is 0 Å². The molecule has 20 heavy (non-hydrogen) atoms. The van der Waals surface area contributed by atoms with Gasteiger partial charge in [0.25, 0.3) is 0 Å². The van der Waals surface area contributed by atoms with Gasteiger partial charge in [-0.1, -0.05) is 24.6 Å². The monoisotopic (exact) mass is 297 g/mol. The lowest BCUT2D eigenvalue weighted by molar-refractivity contribution is 0.0387. The fraction of sp³-hybridized carbons (Fsp3) is 0.625. The van der Waals surface area contributed by atoms with Gasteiger partial charge in [-0.3, -0.25) is 0 Å². The molecule has 1 fully saturated rings. The van der Waals surface area contributed by atoms with E-state index in [0.29, 0.717) is 10.9 Å². The van der Waals surface area contributed by atoms with Crippen molar-refractivity contribution in [2.75, 3.05) is 26.9 Å². The van der Waals surface area contributed by atoms with Crippen LogP contribution in [0, 0.1) is 5.92 Å². The predicted molar refractivity (Wildman–Crippen MR) is 82.6 cm³/mol. The first-order valence-electron chi connectivity index (χ1n) is 7.40. The van der Waals surface area contributed by atoms with Crippen molar-refractivity contribution in [3.8, 4) is 5.75 Å². The molecule has 1 aliphatic rings. The topological polar surface area (TPSA) is 30.5 Å². The highest BCUT2D eigenvalue weighted by Crippen LogP contribution is 2.35. The van der Waals surface area contributed by atoms with E-state index < -0.39 is 0 Å². The Bertz CT molecular complexity index is 419. The number of rotatable bonds is 6. The molecule has 0 spiro atoms. The van der Waals surface area contributed by atoms with E-state index in [9.17, 15) is 0 Å². The lowest BCUT2D eigenvalue weighted by atomic mass is 9.88. The SMILES string of the molecule is CCCNC(c1ccc(Cl)cc1OC)C1CCCOC1. The summed E-state index contributed by atoms with van der Waals surface area (Å²) in [6, 6.07) is 6.16. The number of ether oxygens (including phenoxy) is 2. The molecule has 4 heteroatoms. The zero-order valence-corrected chi connectivity index (χ0v) is 13.1. The van der Waals surface area contributed by atoms with Gasteiger partial charge in [0.1, 0.15) is 5.75 Å². The Morgan fingerprint density at radius 2 is 2.35 bits per heavy atom. The summed E-state index contributed by atoms with van der Waals surface area (Å²) in [6.07, 6.45) is 3.43. The molecular formula is C16H24ClNO2. The van der Waals surface area contributed by atoms with Crippen molar-refractivity contribution in [1.82, 2.24) is 5.32 Å². The van der Waals surface area contributed by atoms with Crippen LogP contribution in [0.2, 0.25) is 5.02 Å². The van der Waals surface area contributed by atoms with Gasteiger partial charge in [-0.05, 0) is 37.9 Å². The molecule has 0 radical (unpaired) electrons. The molecule has 0 aliphatic carbocycles. The van der Waals surface area contributed by atoms with Crippen LogP contribution in [0.15, 0.2) is 18.2 Å². The van der Waals surface area contributed by atoms with E-state index in [0.717, 1.165) is 38.3 Å². The highest BCUT2D eigenvalue weighted by atomic mass is 35.5. The van der Waals surface area contributed by atoms with E-state index in [4.69, 9.17) is 21.1 Å². The Balaban J connectivity index is 2.24. The fourth-order valence-electron chi connectivity index (χ4n) is 2.80. The van der Waals surface area contributed by atoms with Crippen LogP contribution in [0.5, 0.6) is 5.75 Å². The van der Waals surface area contributed by atoms with E-state index in [1.807, 2.05) is 12.1 Å². The van der Waals surface area contributed by atoms with E-state index in [1.165, 1.54) is 12.0 Å². The summed E-state index contributed by atoms with van der Waals surface area (Å²) in [4.78, 5) is 0. The molecule has 1 saturated heterocycles. The van der Waals surface area contributed by atoms with Crippen molar-refractivity contribution in [3.63, 3.8) is 0 Å². The summed E-state index contributed by atoms with van der Waals surface area (Å²) >= 11 is 6.07. The van der Waals surface area contributed by atoms with Gasteiger partial charge in [-0.2, -0.15) is 0 Å². The Hall–Kier alpha value is -0.770. The smallest absolute Gasteiger partial charge is 0.125 e. The van der Waals surface area contributed by atoms with Gasteiger partial charge in [0, 0.05) is 29.2 Å². The van der Waals surface area contributed by atoms with Crippen molar-refractivity contribution >= 4 is 11.6 Å². The standard InChI is InChI=1S/C16H24ClNO2/c1-3-8-18-16(12-5-4-9-20-11-12)14-7-6-13(17)10-15(14)19-2/h6-7,10,12,16,18H,3-5,8-9,11H2,1-2H3. The van der Waals surface area contributed by atoms with Gasteiger partial charge in [-0.25, -0.2) is 0 Å². The molecule has 0 aromatic heterocycles. The molecule has 1 aliphatic heterocycles. The number of methoxy groups -OCH3 is 1. The quantitative estimate of drug-likeness (QED) is 0.866. The maximum Gasteiger partial charge on any atom is 0.125 e. The summed E-state index contributed by atoms with van der Waals surface area (Å²) in [5.74, 6) is 1.35. The van der Waals surface area contributed by atoms with Crippen LogP contribution in [-0.4, -0.2) is 26.9 Å². The molecule has 2 unspecified atom stereocenters. The van der Waals surface area contributed by atoms with Crippen molar-refractivity contribution in [3.05, 3.63) is 28.8 Å². The molecule has 1 aromatic carbocycles. The van der Waals surface area contributed by atoms with Crippen LogP contribution in [0.3, 0.4) is 0 Å². The largest absolute Gasteiger partial charge is 0.496 e. The van der Waals surface area contributed by atoms with Gasteiger partial charge in [-0.15, -0.1) is 0 Å². The van der Waals surface area contributed by atoms with Crippen molar-refractivity contribution in [1.29, 1.82) is 0 Å². The van der Waals surface area contributed by atoms with E-state index in [2.05, 4.69) is 18.3 Å². The molecular weight excluding hydrogens is 274 g/mol. The zero-order valence-electron chi connectivity index (χ0n) is 12.3. The third-order valence-corrected chi connectivity index (χ3v) is 4.05. The van der Waals surface area contributed by atoms with Crippen LogP contribution >= 0.6 is 11.6 Å². The molecule has 3 nitrogen and oxygen atoms in total. The molecule has 112 valence electrons. The second kappa shape index (κ2) is 7.87. The molecule has 2 rings (SSSR count). The maximum atomic E-state index is 6.07. The molecule has 1 aromatic rings. The van der Waals surface area contributed by atoms with Gasteiger partial charge < -0.3 is 14.8 Å². The van der Waals surface area contributed by atoms with Crippen LogP contribution in [0.1, 0.15) is 37.8 Å². The third kappa shape index (κ3) is 3.87. The van der Waals surface area contributed by atoms with E-state index in [-0.39, 0.29) is 6.04 Å². The average Bonchev–Trinajstić information content (AvgIpc) is 2.49. The Labute approximate surface area is 126 Å². The number of hydrogen-bond acceptors (Lipinski definition) is 3. The third-order valence-electron chi connectivity index (χ3n) is 3.81. The molecule has 0 bridgehead atoms. The first-order valence-corrected chi connectivity index (χ1v) is 7.78. The first kappa shape index (κ1) is 15.6. The predicted octanol–water partition coefficient (Wildman–Crippen LogP) is 3.82. The number of nitrogens with one attached hydrogen (secondary N) is 1. The minimum atomic E-state index is 0.266. The summed E-state index contributed by atoms with van der Waals surface area (Å²) in [5.41, 5.74) is 1.18. The van der Waals surface area contributed by atoms with Crippen molar-refractivity contribution < 1.29 is 9.47 Å². The van der Waals surface area contributed by atoms with Gasteiger partial charge in [0.2, 0.25) is 0 Å². The first-order chi connectivity index (χ1) is 9.76. The normalized spacial score (nSPS) is 20.6. The maximum absolute atomic E-state index is 6.07. The molecule has 0 saturated carbocycles. The second-order valence-electron chi connectivity index (χ2n) is 5.30. The van der Waals surface area contributed by atoms with Crippen LogP contribution in [0.25, 0.3) is 0 Å². The molecule has 0 amide bonds. The Morgan fingerprint density at radius 3 is 3.00 bits per heavy atom. The van der Waals surface area contributed by atoms with E-state index in [1.54, 1.807) is 7.11 Å². The van der Waals surface area contributed by atoms with Gasteiger partial charge >= 0.3 is 0 Å². The molecule has 2 atom stereocenters. The fourth-order valence-corrected chi connectivity index (χ4v) is 2.96. The van der Waals surface area contributed by atoms with Crippen LogP contribution in [-0.2, 0) is 4.74 Å².